The summed E-state index contributed by atoms with van der Waals surface area (Å²) < 4.78 is 0. The molecule has 100 valence electrons. The molecule has 0 aliphatic carbocycles. The van der Waals surface area contributed by atoms with Crippen molar-refractivity contribution in [1.82, 2.24) is 4.90 Å². The molecule has 0 saturated heterocycles. The van der Waals surface area contributed by atoms with Crippen LogP contribution in [0.1, 0.15) is 31.1 Å². The van der Waals surface area contributed by atoms with Crippen LogP contribution in [0.3, 0.4) is 0 Å². The van der Waals surface area contributed by atoms with E-state index in [1.54, 1.807) is 11.3 Å². The Hall–Kier alpha value is -0.940. The minimum Gasteiger partial charge on any atom is -0.393 e. The Bertz CT molecular complexity index is 376. The molecule has 0 unspecified atom stereocenters. The van der Waals surface area contributed by atoms with Crippen LogP contribution in [-0.2, 0) is 11.2 Å². The summed E-state index contributed by atoms with van der Waals surface area (Å²) in [6.07, 6.45) is 3.10. The third-order valence-electron chi connectivity index (χ3n) is 2.76. The third-order valence-corrected chi connectivity index (χ3v) is 3.90. The highest BCUT2D eigenvalue weighted by Gasteiger charge is 2.11. The van der Waals surface area contributed by atoms with Crippen LogP contribution in [-0.4, -0.2) is 28.9 Å². The van der Waals surface area contributed by atoms with Gasteiger partial charge in [-0.15, -0.1) is 11.3 Å². The Balaban J connectivity index is 2.26. The fraction of sp³-hybridized carbons (Fsp3) is 0.538. The van der Waals surface area contributed by atoms with Gasteiger partial charge in [-0.1, -0.05) is 18.3 Å². The summed E-state index contributed by atoms with van der Waals surface area (Å²) in [5.74, 6) is 0.199. The second kappa shape index (κ2) is 8.21. The van der Waals surface area contributed by atoms with Crippen molar-refractivity contribution < 1.29 is 4.79 Å². The summed E-state index contributed by atoms with van der Waals surface area (Å²) in [5.41, 5.74) is 5.45. The fourth-order valence-corrected chi connectivity index (χ4v) is 2.57. The molecule has 1 heterocycles. The van der Waals surface area contributed by atoms with E-state index in [9.17, 15) is 4.79 Å². The van der Waals surface area contributed by atoms with Gasteiger partial charge in [-0.2, -0.15) is 0 Å². The van der Waals surface area contributed by atoms with Gasteiger partial charge in [0.05, 0.1) is 4.99 Å². The quantitative estimate of drug-likeness (QED) is 0.746. The highest BCUT2D eigenvalue weighted by atomic mass is 32.1. The molecule has 1 amide bonds. The molecular formula is C13H20N2OS2. The molecule has 3 nitrogen and oxygen atoms in total. The number of carbonyl (C=O) groups excluding carboxylic acids is 1. The van der Waals surface area contributed by atoms with E-state index in [0.29, 0.717) is 24.4 Å². The molecule has 0 bridgehead atoms. The average molecular weight is 284 g/mol. The Labute approximate surface area is 118 Å². The number of thiocarbonyl (C=S) groups is 1. The van der Waals surface area contributed by atoms with E-state index < -0.39 is 0 Å². The Morgan fingerprint density at radius 3 is 2.83 bits per heavy atom. The summed E-state index contributed by atoms with van der Waals surface area (Å²) in [5, 5.41) is 2.07. The van der Waals surface area contributed by atoms with E-state index in [2.05, 4.69) is 11.4 Å². The van der Waals surface area contributed by atoms with Crippen molar-refractivity contribution in [2.45, 2.75) is 32.6 Å². The van der Waals surface area contributed by atoms with E-state index in [4.69, 9.17) is 18.0 Å². The van der Waals surface area contributed by atoms with Gasteiger partial charge in [0.15, 0.2) is 0 Å². The maximum absolute atomic E-state index is 12.0. The Morgan fingerprint density at radius 2 is 2.28 bits per heavy atom. The van der Waals surface area contributed by atoms with Crippen LogP contribution >= 0.6 is 23.6 Å². The largest absolute Gasteiger partial charge is 0.393 e. The van der Waals surface area contributed by atoms with Gasteiger partial charge >= 0.3 is 0 Å². The van der Waals surface area contributed by atoms with Gasteiger partial charge in [0.1, 0.15) is 0 Å². The van der Waals surface area contributed by atoms with Crippen LogP contribution < -0.4 is 5.73 Å². The maximum atomic E-state index is 12.0. The molecule has 0 saturated carbocycles. The number of amides is 1. The van der Waals surface area contributed by atoms with Crippen molar-refractivity contribution in [2.24, 2.45) is 5.73 Å². The minimum atomic E-state index is 0.199. The highest BCUT2D eigenvalue weighted by molar-refractivity contribution is 7.80. The molecule has 0 atom stereocenters. The van der Waals surface area contributed by atoms with Crippen molar-refractivity contribution in [3.63, 3.8) is 0 Å². The molecule has 0 aliphatic rings. The van der Waals surface area contributed by atoms with E-state index in [1.807, 2.05) is 17.9 Å². The number of aryl methyl sites for hydroxylation is 1. The van der Waals surface area contributed by atoms with Crippen molar-refractivity contribution >= 4 is 34.5 Å². The van der Waals surface area contributed by atoms with Gasteiger partial charge < -0.3 is 10.6 Å². The molecular weight excluding hydrogens is 264 g/mol. The van der Waals surface area contributed by atoms with Crippen molar-refractivity contribution in [2.75, 3.05) is 13.1 Å². The first-order valence-corrected chi connectivity index (χ1v) is 7.50. The Morgan fingerprint density at radius 1 is 1.50 bits per heavy atom. The first-order chi connectivity index (χ1) is 8.63. The lowest BCUT2D eigenvalue weighted by molar-refractivity contribution is -0.131. The zero-order chi connectivity index (χ0) is 13.4. The first-order valence-electron chi connectivity index (χ1n) is 6.22. The normalized spacial score (nSPS) is 10.3. The summed E-state index contributed by atoms with van der Waals surface area (Å²) in [4.78, 5) is 15.6. The zero-order valence-electron chi connectivity index (χ0n) is 10.7. The van der Waals surface area contributed by atoms with Gasteiger partial charge in [0, 0.05) is 30.8 Å². The van der Waals surface area contributed by atoms with Crippen LogP contribution in [0, 0.1) is 0 Å². The summed E-state index contributed by atoms with van der Waals surface area (Å²) in [7, 11) is 0. The summed E-state index contributed by atoms with van der Waals surface area (Å²) in [6.45, 7) is 3.35. The lowest BCUT2D eigenvalue weighted by Crippen LogP contribution is -2.33. The van der Waals surface area contributed by atoms with Crippen LogP contribution in [0.25, 0.3) is 0 Å². The Kier molecular flexibility index (Phi) is 6.90. The van der Waals surface area contributed by atoms with Crippen LogP contribution in [0.5, 0.6) is 0 Å². The third kappa shape index (κ3) is 5.60. The number of nitrogens with two attached hydrogens (primary N) is 1. The summed E-state index contributed by atoms with van der Waals surface area (Å²) in [6, 6.07) is 4.15. The van der Waals surface area contributed by atoms with Crippen molar-refractivity contribution in [3.8, 4) is 0 Å². The van der Waals surface area contributed by atoms with Gasteiger partial charge in [-0.05, 0) is 31.2 Å². The van der Waals surface area contributed by atoms with E-state index >= 15 is 0 Å². The molecule has 2 N–H and O–H groups in total. The predicted molar refractivity (Wildman–Crippen MR) is 80.9 cm³/mol. The standard InChI is InChI=1S/C13H20N2OS2/c1-2-15(9-8-12(14)17)13(16)7-3-5-11-6-4-10-18-11/h4,6,10H,2-3,5,7-9H2,1H3,(H2,14,17). The SMILES string of the molecule is CCN(CCC(N)=S)C(=O)CCCc1cccs1. The van der Waals surface area contributed by atoms with Gasteiger partial charge in [0.2, 0.25) is 5.91 Å². The smallest absolute Gasteiger partial charge is 0.222 e. The van der Waals surface area contributed by atoms with E-state index in [1.165, 1.54) is 4.88 Å². The van der Waals surface area contributed by atoms with Crippen LogP contribution in [0.2, 0.25) is 0 Å². The fourth-order valence-electron chi connectivity index (χ4n) is 1.73. The van der Waals surface area contributed by atoms with Crippen molar-refractivity contribution in [1.29, 1.82) is 0 Å². The minimum absolute atomic E-state index is 0.199. The van der Waals surface area contributed by atoms with E-state index in [0.717, 1.165) is 19.4 Å². The maximum Gasteiger partial charge on any atom is 0.222 e. The van der Waals surface area contributed by atoms with Gasteiger partial charge in [-0.25, -0.2) is 0 Å². The molecule has 0 fully saturated rings. The van der Waals surface area contributed by atoms with Crippen molar-refractivity contribution in [3.05, 3.63) is 22.4 Å². The average Bonchev–Trinajstić information content (AvgIpc) is 2.82. The molecule has 1 rings (SSSR count). The monoisotopic (exact) mass is 284 g/mol. The second-order valence-corrected chi connectivity index (χ2v) is 5.68. The molecule has 5 heteroatoms. The van der Waals surface area contributed by atoms with Crippen LogP contribution in [0.4, 0.5) is 0 Å². The predicted octanol–water partition coefficient (Wildman–Crippen LogP) is 2.60. The molecule has 0 spiro atoms. The van der Waals surface area contributed by atoms with Gasteiger partial charge in [0.25, 0.3) is 0 Å². The molecule has 1 aromatic rings. The molecule has 18 heavy (non-hydrogen) atoms. The molecule has 1 aromatic heterocycles. The lowest BCUT2D eigenvalue weighted by Gasteiger charge is -2.20. The van der Waals surface area contributed by atoms with E-state index in [-0.39, 0.29) is 5.91 Å². The topological polar surface area (TPSA) is 46.3 Å². The summed E-state index contributed by atoms with van der Waals surface area (Å²) >= 11 is 6.58. The number of thiophene rings is 1. The van der Waals surface area contributed by atoms with Crippen LogP contribution in [0.15, 0.2) is 17.5 Å². The number of hydrogen-bond acceptors (Lipinski definition) is 3. The molecule has 0 aliphatic heterocycles. The highest BCUT2D eigenvalue weighted by Crippen LogP contribution is 2.12. The number of nitrogens with zero attached hydrogens (tertiary/aromatic N) is 1. The zero-order valence-corrected chi connectivity index (χ0v) is 12.4. The number of hydrogen-bond donors (Lipinski definition) is 1. The number of carbonyl (C=O) groups is 1. The lowest BCUT2D eigenvalue weighted by atomic mass is 10.2. The molecule has 0 aromatic carbocycles. The molecule has 0 radical (unpaired) electrons. The van der Waals surface area contributed by atoms with Gasteiger partial charge in [-0.3, -0.25) is 4.79 Å². The number of rotatable bonds is 8. The second-order valence-electron chi connectivity index (χ2n) is 4.12. The first kappa shape index (κ1) is 15.1.